The third-order valence-electron chi connectivity index (χ3n) is 7.07. The monoisotopic (exact) mass is 314 g/mol. The predicted octanol–water partition coefficient (Wildman–Crippen LogP) is 3.34. The van der Waals surface area contributed by atoms with Crippen LogP contribution < -0.4 is 0 Å². The molecule has 1 spiro atoms. The first-order valence-electron chi connectivity index (χ1n) is 8.88. The van der Waals surface area contributed by atoms with Crippen molar-refractivity contribution in [1.82, 2.24) is 0 Å². The number of hydrogen-bond donors (Lipinski definition) is 0. The van der Waals surface area contributed by atoms with Crippen molar-refractivity contribution in [3.63, 3.8) is 0 Å². The van der Waals surface area contributed by atoms with Crippen LogP contribution in [0.2, 0.25) is 0 Å². The zero-order valence-electron chi connectivity index (χ0n) is 14.3. The van der Waals surface area contributed by atoms with E-state index in [1.165, 1.54) is 0 Å². The van der Waals surface area contributed by atoms with Crippen LogP contribution in [0.15, 0.2) is 24.3 Å². The molecule has 4 rings (SSSR count). The Kier molecular flexibility index (Phi) is 3.10. The summed E-state index contributed by atoms with van der Waals surface area (Å²) in [6.07, 6.45) is 2.42. The topological polar surface area (TPSA) is 43.4 Å². The number of ketones is 2. The summed E-state index contributed by atoms with van der Waals surface area (Å²) in [5.74, 6) is 0.441. The first kappa shape index (κ1) is 15.3. The molecule has 0 radical (unpaired) electrons. The molecule has 4 aliphatic rings. The third kappa shape index (κ3) is 1.69. The predicted molar refractivity (Wildman–Crippen MR) is 87.7 cm³/mol. The highest BCUT2D eigenvalue weighted by Crippen LogP contribution is 2.63. The molecule has 4 fully saturated rings. The zero-order chi connectivity index (χ0) is 16.7. The lowest BCUT2D eigenvalue weighted by atomic mass is 9.59. The molecule has 3 heteroatoms. The number of hydrogen-bond acceptors (Lipinski definition) is 3. The molecule has 8 atom stereocenters. The Labute approximate surface area is 138 Å². The van der Waals surface area contributed by atoms with E-state index in [0.717, 1.165) is 24.0 Å². The molecule has 0 aromatic carbocycles. The minimum Gasteiger partial charge on any atom is -0.362 e. The first-order valence-corrected chi connectivity index (χ1v) is 8.88. The Hall–Kier alpha value is -1.22. The molecule has 2 heterocycles. The van der Waals surface area contributed by atoms with E-state index in [9.17, 15) is 9.59 Å². The molecule has 3 nitrogen and oxygen atoms in total. The van der Waals surface area contributed by atoms with Crippen LogP contribution in [0.4, 0.5) is 0 Å². The van der Waals surface area contributed by atoms with Crippen molar-refractivity contribution < 1.29 is 14.3 Å². The minimum atomic E-state index is -0.859. The minimum absolute atomic E-state index is 0.0828. The van der Waals surface area contributed by atoms with E-state index in [1.54, 1.807) is 0 Å². The largest absolute Gasteiger partial charge is 0.362 e. The molecule has 2 bridgehead atoms. The van der Waals surface area contributed by atoms with E-state index >= 15 is 0 Å². The second kappa shape index (κ2) is 4.66. The lowest BCUT2D eigenvalue weighted by Gasteiger charge is -2.51. The molecule has 0 amide bonds. The van der Waals surface area contributed by atoms with E-state index in [4.69, 9.17) is 4.74 Å². The average molecular weight is 314 g/mol. The molecule has 8 unspecified atom stereocenters. The quantitative estimate of drug-likeness (QED) is 0.697. The highest BCUT2D eigenvalue weighted by Gasteiger charge is 2.72. The zero-order valence-corrected chi connectivity index (χ0v) is 14.3. The van der Waals surface area contributed by atoms with Gasteiger partial charge in [-0.2, -0.15) is 0 Å². The van der Waals surface area contributed by atoms with Crippen LogP contribution in [-0.2, 0) is 14.3 Å². The molecule has 0 aromatic heterocycles. The number of carbonyl (C=O) groups is 2. The van der Waals surface area contributed by atoms with Gasteiger partial charge in [-0.1, -0.05) is 38.2 Å². The van der Waals surface area contributed by atoms with Crippen LogP contribution >= 0.6 is 0 Å². The van der Waals surface area contributed by atoms with Crippen LogP contribution in [0, 0.1) is 35.5 Å². The van der Waals surface area contributed by atoms with Crippen LogP contribution in [-0.4, -0.2) is 23.3 Å². The number of carbonyl (C=O) groups excluding carboxylic acids is 2. The Morgan fingerprint density at radius 1 is 1.30 bits per heavy atom. The number of ether oxygens (including phenoxy) is 1. The van der Waals surface area contributed by atoms with Gasteiger partial charge in [-0.05, 0) is 43.9 Å². The fraction of sp³-hybridized carbons (Fsp3) is 0.700. The van der Waals surface area contributed by atoms with Crippen molar-refractivity contribution in [3.8, 4) is 0 Å². The van der Waals surface area contributed by atoms with Gasteiger partial charge in [-0.25, -0.2) is 0 Å². The van der Waals surface area contributed by atoms with E-state index in [-0.39, 0.29) is 47.3 Å². The van der Waals surface area contributed by atoms with Gasteiger partial charge >= 0.3 is 0 Å². The lowest BCUT2D eigenvalue weighted by molar-refractivity contribution is -0.176. The van der Waals surface area contributed by atoms with Crippen LogP contribution in [0.3, 0.4) is 0 Å². The van der Waals surface area contributed by atoms with Crippen molar-refractivity contribution >= 4 is 11.6 Å². The van der Waals surface area contributed by atoms with Crippen molar-refractivity contribution in [2.45, 2.75) is 51.7 Å². The average Bonchev–Trinajstić information content (AvgIpc) is 2.87. The molecular weight excluding hydrogens is 288 g/mol. The molecule has 0 N–H and O–H groups in total. The standard InChI is InChI=1S/C20H26O3/c1-9(2)13-7-6-10(3)14-15(13)18-12(5)19(22)20(23-18)8-11(4)17(21)16(14)20/h11-16,18H,1,3,6-8H2,2,4-5H3. The Bertz CT molecular complexity index is 633. The summed E-state index contributed by atoms with van der Waals surface area (Å²) in [5, 5.41) is 0. The second-order valence-corrected chi connectivity index (χ2v) is 8.36. The highest BCUT2D eigenvalue weighted by molar-refractivity contribution is 6.02. The Balaban J connectivity index is 1.89. The van der Waals surface area contributed by atoms with Gasteiger partial charge in [0.05, 0.1) is 12.0 Å². The summed E-state index contributed by atoms with van der Waals surface area (Å²) in [5.41, 5.74) is 1.44. The molecule has 0 aromatic rings. The van der Waals surface area contributed by atoms with Crippen LogP contribution in [0.5, 0.6) is 0 Å². The highest BCUT2D eigenvalue weighted by atomic mass is 16.5. The fourth-order valence-corrected chi connectivity index (χ4v) is 6.10. The molecule has 124 valence electrons. The fourth-order valence-electron chi connectivity index (χ4n) is 6.10. The van der Waals surface area contributed by atoms with E-state index < -0.39 is 5.60 Å². The molecule has 2 aliphatic heterocycles. The van der Waals surface area contributed by atoms with Crippen molar-refractivity contribution in [3.05, 3.63) is 24.3 Å². The van der Waals surface area contributed by atoms with Gasteiger partial charge < -0.3 is 4.74 Å². The summed E-state index contributed by atoms with van der Waals surface area (Å²) < 4.78 is 6.42. The van der Waals surface area contributed by atoms with Gasteiger partial charge in [0, 0.05) is 11.8 Å². The summed E-state index contributed by atoms with van der Waals surface area (Å²) >= 11 is 0. The van der Waals surface area contributed by atoms with Gasteiger partial charge in [-0.15, -0.1) is 0 Å². The van der Waals surface area contributed by atoms with Crippen molar-refractivity contribution in [2.75, 3.05) is 0 Å². The molecular formula is C20H26O3. The van der Waals surface area contributed by atoms with Gasteiger partial charge in [0.2, 0.25) is 0 Å². The van der Waals surface area contributed by atoms with Gasteiger partial charge in [0.15, 0.2) is 5.78 Å². The Morgan fingerprint density at radius 2 is 2.00 bits per heavy atom. The maximum atomic E-state index is 13.1. The Morgan fingerprint density at radius 3 is 2.65 bits per heavy atom. The maximum Gasteiger partial charge on any atom is 0.170 e. The molecule has 2 aliphatic carbocycles. The van der Waals surface area contributed by atoms with Crippen LogP contribution in [0.25, 0.3) is 0 Å². The van der Waals surface area contributed by atoms with E-state index in [2.05, 4.69) is 20.1 Å². The molecule has 2 saturated carbocycles. The number of rotatable bonds is 1. The summed E-state index contributed by atoms with van der Waals surface area (Å²) in [6, 6.07) is 0. The van der Waals surface area contributed by atoms with Gasteiger partial charge in [0.25, 0.3) is 0 Å². The number of fused-ring (bicyclic) bond motifs is 4. The van der Waals surface area contributed by atoms with E-state index in [1.807, 2.05) is 13.8 Å². The summed E-state index contributed by atoms with van der Waals surface area (Å²) in [7, 11) is 0. The normalized spacial score (nSPS) is 51.6. The van der Waals surface area contributed by atoms with Crippen LogP contribution in [0.1, 0.15) is 40.0 Å². The van der Waals surface area contributed by atoms with E-state index in [0.29, 0.717) is 12.3 Å². The first-order chi connectivity index (χ1) is 10.8. The molecule has 2 saturated heterocycles. The summed E-state index contributed by atoms with van der Waals surface area (Å²) in [4.78, 5) is 26.0. The van der Waals surface area contributed by atoms with Crippen molar-refractivity contribution in [1.29, 1.82) is 0 Å². The molecule has 23 heavy (non-hydrogen) atoms. The van der Waals surface area contributed by atoms with Gasteiger partial charge in [-0.3, -0.25) is 9.59 Å². The smallest absolute Gasteiger partial charge is 0.170 e. The lowest BCUT2D eigenvalue weighted by Crippen LogP contribution is -2.55. The number of Topliss-reactive ketones (excluding diaryl/α,β-unsaturated/α-hetero) is 2. The van der Waals surface area contributed by atoms with Crippen molar-refractivity contribution in [2.24, 2.45) is 35.5 Å². The SMILES string of the molecule is C=C(C)C1CCC(=C)C2C1C1OC3(CC(C)C(=O)C23)C(=O)C1C. The summed E-state index contributed by atoms with van der Waals surface area (Å²) in [6.45, 7) is 14.5. The number of allylic oxidation sites excluding steroid dienone is 2. The maximum absolute atomic E-state index is 13.1. The third-order valence-corrected chi connectivity index (χ3v) is 7.07. The van der Waals surface area contributed by atoms with Gasteiger partial charge in [0.1, 0.15) is 11.4 Å². The second-order valence-electron chi connectivity index (χ2n) is 8.36.